The Kier molecular flexibility index (Phi) is 1.92. The van der Waals surface area contributed by atoms with Crippen molar-refractivity contribution < 1.29 is 8.83 Å². The van der Waals surface area contributed by atoms with Gasteiger partial charge in [0.15, 0.2) is 0 Å². The van der Waals surface area contributed by atoms with Crippen molar-refractivity contribution in [3.05, 3.63) is 35.8 Å². The van der Waals surface area contributed by atoms with E-state index >= 15 is 0 Å². The molecule has 2 aromatic heterocycles. The minimum Gasteiger partial charge on any atom is -0.464 e. The van der Waals surface area contributed by atoms with Gasteiger partial charge in [-0.3, -0.25) is 0 Å². The molecule has 0 saturated carbocycles. The van der Waals surface area contributed by atoms with Crippen LogP contribution in [0.1, 0.15) is 25.0 Å². The van der Waals surface area contributed by atoms with Crippen molar-refractivity contribution in [2.24, 2.45) is 5.73 Å². The molecule has 0 spiro atoms. The first-order valence-corrected chi connectivity index (χ1v) is 5.66. The number of nitrogens with two attached hydrogens (primary N) is 1. The van der Waals surface area contributed by atoms with Gasteiger partial charge < -0.3 is 14.6 Å². The molecule has 2 heterocycles. The summed E-state index contributed by atoms with van der Waals surface area (Å²) in [5, 5.41) is 2.11. The van der Waals surface area contributed by atoms with Crippen LogP contribution in [0.4, 0.5) is 0 Å². The second kappa shape index (κ2) is 3.14. The fourth-order valence-electron chi connectivity index (χ4n) is 2.48. The first-order chi connectivity index (χ1) is 8.00. The van der Waals surface area contributed by atoms with Gasteiger partial charge in [0, 0.05) is 27.4 Å². The van der Waals surface area contributed by atoms with E-state index in [0.29, 0.717) is 0 Å². The standard InChI is InChI=1S/C14H15NO2/c1-8-9-4-6-17-13(9)11(14(2,3)15)10-5-7-16-12(8)10/h4-7H,15H2,1-3H3. The molecule has 1 aromatic carbocycles. The second-order valence-electron chi connectivity index (χ2n) is 5.05. The van der Waals surface area contributed by atoms with E-state index in [-0.39, 0.29) is 0 Å². The highest BCUT2D eigenvalue weighted by atomic mass is 16.3. The molecule has 0 bridgehead atoms. The molecule has 0 saturated heterocycles. The van der Waals surface area contributed by atoms with Crippen LogP contribution in [0.5, 0.6) is 0 Å². The molecule has 2 N–H and O–H groups in total. The third kappa shape index (κ3) is 1.32. The van der Waals surface area contributed by atoms with Crippen LogP contribution in [-0.4, -0.2) is 0 Å². The Morgan fingerprint density at radius 1 is 1.00 bits per heavy atom. The van der Waals surface area contributed by atoms with E-state index in [9.17, 15) is 0 Å². The smallest absolute Gasteiger partial charge is 0.140 e. The summed E-state index contributed by atoms with van der Waals surface area (Å²) in [4.78, 5) is 0. The molecule has 17 heavy (non-hydrogen) atoms. The maximum Gasteiger partial charge on any atom is 0.140 e. The molecular weight excluding hydrogens is 214 g/mol. The lowest BCUT2D eigenvalue weighted by Crippen LogP contribution is -2.29. The minimum absolute atomic E-state index is 0.466. The number of benzene rings is 1. The van der Waals surface area contributed by atoms with Crippen molar-refractivity contribution in [3.63, 3.8) is 0 Å². The van der Waals surface area contributed by atoms with E-state index in [1.165, 1.54) is 0 Å². The fraction of sp³-hybridized carbons (Fsp3) is 0.286. The van der Waals surface area contributed by atoms with E-state index in [1.807, 2.05) is 32.9 Å². The SMILES string of the molecule is Cc1c2ccoc2c(C(C)(C)N)c2ccoc12. The Morgan fingerprint density at radius 3 is 2.24 bits per heavy atom. The van der Waals surface area contributed by atoms with Gasteiger partial charge in [0.2, 0.25) is 0 Å². The minimum atomic E-state index is -0.466. The lowest BCUT2D eigenvalue weighted by Gasteiger charge is -2.21. The van der Waals surface area contributed by atoms with Gasteiger partial charge in [-0.1, -0.05) is 0 Å². The summed E-state index contributed by atoms with van der Waals surface area (Å²) in [7, 11) is 0. The van der Waals surface area contributed by atoms with Crippen molar-refractivity contribution in [2.75, 3.05) is 0 Å². The lowest BCUT2D eigenvalue weighted by atomic mass is 9.89. The molecular formula is C14H15NO2. The third-order valence-corrected chi connectivity index (χ3v) is 3.22. The van der Waals surface area contributed by atoms with Gasteiger partial charge in [-0.15, -0.1) is 0 Å². The molecule has 3 aromatic rings. The summed E-state index contributed by atoms with van der Waals surface area (Å²) in [6.45, 7) is 6.00. The van der Waals surface area contributed by atoms with Crippen LogP contribution in [0.3, 0.4) is 0 Å². The summed E-state index contributed by atoms with van der Waals surface area (Å²) in [6, 6.07) is 3.91. The summed E-state index contributed by atoms with van der Waals surface area (Å²) in [5.74, 6) is 0. The zero-order chi connectivity index (χ0) is 12.2. The van der Waals surface area contributed by atoms with Crippen LogP contribution in [0.15, 0.2) is 33.5 Å². The Hall–Kier alpha value is -1.74. The highest BCUT2D eigenvalue weighted by Gasteiger charge is 2.25. The van der Waals surface area contributed by atoms with Crippen LogP contribution in [0.25, 0.3) is 21.9 Å². The van der Waals surface area contributed by atoms with E-state index < -0.39 is 5.54 Å². The van der Waals surface area contributed by atoms with Gasteiger partial charge in [-0.05, 0) is 32.9 Å². The topological polar surface area (TPSA) is 52.3 Å². The van der Waals surface area contributed by atoms with Crippen LogP contribution >= 0.6 is 0 Å². The summed E-state index contributed by atoms with van der Waals surface area (Å²) >= 11 is 0. The molecule has 0 unspecified atom stereocenters. The van der Waals surface area contributed by atoms with Crippen LogP contribution in [-0.2, 0) is 5.54 Å². The Morgan fingerprint density at radius 2 is 1.59 bits per heavy atom. The van der Waals surface area contributed by atoms with Gasteiger partial charge in [-0.2, -0.15) is 0 Å². The molecule has 3 heteroatoms. The zero-order valence-electron chi connectivity index (χ0n) is 10.2. The summed E-state index contributed by atoms with van der Waals surface area (Å²) in [5.41, 5.74) is 9.66. The maximum atomic E-state index is 6.26. The van der Waals surface area contributed by atoms with Gasteiger partial charge >= 0.3 is 0 Å². The quantitative estimate of drug-likeness (QED) is 0.692. The van der Waals surface area contributed by atoms with Gasteiger partial charge in [-0.25, -0.2) is 0 Å². The van der Waals surface area contributed by atoms with Gasteiger partial charge in [0.25, 0.3) is 0 Å². The monoisotopic (exact) mass is 229 g/mol. The summed E-state index contributed by atoms with van der Waals surface area (Å²) in [6.07, 6.45) is 3.40. The first kappa shape index (κ1) is 10.4. The predicted octanol–water partition coefficient (Wildman–Crippen LogP) is 3.68. The molecule has 0 radical (unpaired) electrons. The number of rotatable bonds is 1. The van der Waals surface area contributed by atoms with Crippen molar-refractivity contribution in [1.29, 1.82) is 0 Å². The average molecular weight is 229 g/mol. The van der Waals surface area contributed by atoms with Crippen molar-refractivity contribution in [1.82, 2.24) is 0 Å². The molecule has 0 aliphatic carbocycles. The average Bonchev–Trinajstić information content (AvgIpc) is 2.83. The number of furan rings is 2. The molecule has 0 atom stereocenters. The normalized spacial score (nSPS) is 12.7. The Balaban J connectivity index is 2.62. The van der Waals surface area contributed by atoms with Crippen molar-refractivity contribution in [3.8, 4) is 0 Å². The second-order valence-corrected chi connectivity index (χ2v) is 5.05. The highest BCUT2D eigenvalue weighted by Crippen LogP contribution is 2.38. The molecule has 88 valence electrons. The highest BCUT2D eigenvalue weighted by molar-refractivity contribution is 6.01. The third-order valence-electron chi connectivity index (χ3n) is 3.22. The molecule has 0 amide bonds. The van der Waals surface area contributed by atoms with Crippen molar-refractivity contribution in [2.45, 2.75) is 26.3 Å². The number of hydrogen-bond acceptors (Lipinski definition) is 3. The first-order valence-electron chi connectivity index (χ1n) is 5.66. The maximum absolute atomic E-state index is 6.26. The molecule has 3 nitrogen and oxygen atoms in total. The fourth-order valence-corrected chi connectivity index (χ4v) is 2.48. The molecule has 3 rings (SSSR count). The van der Waals surface area contributed by atoms with Crippen LogP contribution in [0, 0.1) is 6.92 Å². The molecule has 0 aliphatic rings. The Bertz CT molecular complexity index is 646. The number of fused-ring (bicyclic) bond motifs is 2. The lowest BCUT2D eigenvalue weighted by molar-refractivity contribution is 0.538. The number of aryl methyl sites for hydroxylation is 1. The van der Waals surface area contributed by atoms with Crippen molar-refractivity contribution >= 4 is 21.9 Å². The molecule has 0 aliphatic heterocycles. The largest absolute Gasteiger partial charge is 0.464 e. The Labute approximate surface area is 99.2 Å². The zero-order valence-corrected chi connectivity index (χ0v) is 10.2. The molecule has 0 fully saturated rings. The van der Waals surface area contributed by atoms with Crippen LogP contribution < -0.4 is 5.73 Å². The predicted molar refractivity (Wildman–Crippen MR) is 67.9 cm³/mol. The van der Waals surface area contributed by atoms with E-state index in [0.717, 1.165) is 33.1 Å². The van der Waals surface area contributed by atoms with Gasteiger partial charge in [0.1, 0.15) is 11.2 Å². The van der Waals surface area contributed by atoms with E-state index in [2.05, 4.69) is 0 Å². The van der Waals surface area contributed by atoms with E-state index in [4.69, 9.17) is 14.6 Å². The van der Waals surface area contributed by atoms with Gasteiger partial charge in [0.05, 0.1) is 12.5 Å². The van der Waals surface area contributed by atoms with Crippen LogP contribution in [0.2, 0.25) is 0 Å². The van der Waals surface area contributed by atoms with E-state index in [1.54, 1.807) is 12.5 Å². The summed E-state index contributed by atoms with van der Waals surface area (Å²) < 4.78 is 11.2. The number of hydrogen-bond donors (Lipinski definition) is 1.